The number of carbonyl (C=O) groups excluding carboxylic acids is 4. The third kappa shape index (κ3) is 5.87. The Morgan fingerprint density at radius 3 is 2.32 bits per heavy atom. The summed E-state index contributed by atoms with van der Waals surface area (Å²) in [6, 6.07) is 12.3. The molecule has 1 aromatic heterocycles. The number of rotatable bonds is 9. The topological polar surface area (TPSA) is 118 Å². The number of benzene rings is 2. The second-order valence-electron chi connectivity index (χ2n) is 8.12. The summed E-state index contributed by atoms with van der Waals surface area (Å²) in [5.74, 6) is -2.14. The Morgan fingerprint density at radius 1 is 1.03 bits per heavy atom. The van der Waals surface area contributed by atoms with Crippen molar-refractivity contribution in [3.63, 3.8) is 0 Å². The van der Waals surface area contributed by atoms with E-state index >= 15 is 0 Å². The second kappa shape index (κ2) is 11.4. The molecule has 0 aliphatic carbocycles. The van der Waals surface area contributed by atoms with Crippen molar-refractivity contribution in [3.8, 4) is 0 Å². The highest BCUT2D eigenvalue weighted by molar-refractivity contribution is 7.13. The van der Waals surface area contributed by atoms with Crippen LogP contribution in [0.4, 0.5) is 16.5 Å². The van der Waals surface area contributed by atoms with Gasteiger partial charge >= 0.3 is 5.97 Å². The molecule has 1 aliphatic heterocycles. The standard InChI is InChI=1S/C26H23ClN4O5S/c1-3-4-13-36-25(35)17-7-11-19(12-8-17)31-23(33)20(27)21(24(31)34)29-18-9-5-16(6-10-18)22(32)30-26-28-15(2)14-37-26/h5-12,14,29H,3-4,13H2,1-2H3,(H,28,30,32). The average Bonchev–Trinajstić information content (AvgIpc) is 3.39. The fourth-order valence-electron chi connectivity index (χ4n) is 3.41. The summed E-state index contributed by atoms with van der Waals surface area (Å²) in [5, 5.41) is 7.65. The minimum atomic E-state index is -0.692. The highest BCUT2D eigenvalue weighted by Crippen LogP contribution is 2.30. The summed E-state index contributed by atoms with van der Waals surface area (Å²) in [5.41, 5.74) is 2.15. The molecule has 0 bridgehead atoms. The largest absolute Gasteiger partial charge is 0.462 e. The Bertz CT molecular complexity index is 1380. The quantitative estimate of drug-likeness (QED) is 0.221. The van der Waals surface area contributed by atoms with Crippen molar-refractivity contribution in [1.82, 2.24) is 4.98 Å². The first-order valence-corrected chi connectivity index (χ1v) is 12.7. The molecule has 0 saturated carbocycles. The van der Waals surface area contributed by atoms with Crippen molar-refractivity contribution in [2.75, 3.05) is 22.1 Å². The number of nitrogens with one attached hydrogen (secondary N) is 2. The van der Waals surface area contributed by atoms with E-state index in [2.05, 4.69) is 15.6 Å². The number of carbonyl (C=O) groups is 4. The van der Waals surface area contributed by atoms with E-state index in [0.717, 1.165) is 23.4 Å². The van der Waals surface area contributed by atoms with E-state index in [-0.39, 0.29) is 22.3 Å². The van der Waals surface area contributed by atoms with Crippen LogP contribution >= 0.6 is 22.9 Å². The third-order valence-electron chi connectivity index (χ3n) is 5.38. The zero-order valence-electron chi connectivity index (χ0n) is 20.0. The maximum Gasteiger partial charge on any atom is 0.338 e. The minimum absolute atomic E-state index is 0.0924. The Hall–Kier alpha value is -4.02. The maximum atomic E-state index is 13.0. The number of hydrogen-bond donors (Lipinski definition) is 2. The lowest BCUT2D eigenvalue weighted by atomic mass is 10.2. The van der Waals surface area contributed by atoms with Crippen molar-refractivity contribution in [1.29, 1.82) is 0 Å². The number of anilines is 3. The first-order chi connectivity index (χ1) is 17.8. The summed E-state index contributed by atoms with van der Waals surface area (Å²) in [6.07, 6.45) is 1.67. The lowest BCUT2D eigenvalue weighted by Crippen LogP contribution is -2.32. The van der Waals surface area contributed by atoms with Gasteiger partial charge in [-0.3, -0.25) is 19.7 Å². The SMILES string of the molecule is CCCCOC(=O)c1ccc(N2C(=O)C(Cl)=C(Nc3ccc(C(=O)Nc4nc(C)cs4)cc3)C2=O)cc1. The van der Waals surface area contributed by atoms with Gasteiger partial charge < -0.3 is 10.1 Å². The first-order valence-electron chi connectivity index (χ1n) is 11.4. The number of nitrogens with zero attached hydrogens (tertiary/aromatic N) is 2. The zero-order chi connectivity index (χ0) is 26.5. The van der Waals surface area contributed by atoms with Crippen LogP contribution in [0.2, 0.25) is 0 Å². The molecule has 0 atom stereocenters. The first kappa shape index (κ1) is 26.1. The molecule has 11 heteroatoms. The molecule has 0 fully saturated rings. The van der Waals surface area contributed by atoms with Gasteiger partial charge in [0.2, 0.25) is 0 Å². The van der Waals surface area contributed by atoms with Gasteiger partial charge in [-0.25, -0.2) is 14.7 Å². The molecule has 190 valence electrons. The van der Waals surface area contributed by atoms with Crippen LogP contribution in [-0.4, -0.2) is 35.3 Å². The van der Waals surface area contributed by atoms with E-state index < -0.39 is 17.8 Å². The van der Waals surface area contributed by atoms with E-state index in [4.69, 9.17) is 16.3 Å². The van der Waals surface area contributed by atoms with Crippen LogP contribution in [0.15, 0.2) is 64.6 Å². The highest BCUT2D eigenvalue weighted by atomic mass is 35.5. The summed E-state index contributed by atoms with van der Waals surface area (Å²) in [6.45, 7) is 4.16. The number of imide groups is 1. The fourth-order valence-corrected chi connectivity index (χ4v) is 4.31. The average molecular weight is 539 g/mol. The highest BCUT2D eigenvalue weighted by Gasteiger charge is 2.39. The number of esters is 1. The van der Waals surface area contributed by atoms with Crippen molar-refractivity contribution in [2.45, 2.75) is 26.7 Å². The Labute approximate surface area is 222 Å². The third-order valence-corrected chi connectivity index (χ3v) is 6.60. The van der Waals surface area contributed by atoms with E-state index in [0.29, 0.717) is 28.6 Å². The molecule has 9 nitrogen and oxygen atoms in total. The number of halogens is 1. The molecule has 2 heterocycles. The summed E-state index contributed by atoms with van der Waals surface area (Å²) in [7, 11) is 0. The predicted molar refractivity (Wildman–Crippen MR) is 142 cm³/mol. The van der Waals surface area contributed by atoms with Crippen LogP contribution in [0.1, 0.15) is 46.2 Å². The van der Waals surface area contributed by atoms with Crippen LogP contribution < -0.4 is 15.5 Å². The normalized spacial score (nSPS) is 13.2. The Kier molecular flexibility index (Phi) is 8.00. The molecule has 0 saturated heterocycles. The molecule has 37 heavy (non-hydrogen) atoms. The smallest absolute Gasteiger partial charge is 0.338 e. The molecule has 2 N–H and O–H groups in total. The molecular weight excluding hydrogens is 516 g/mol. The maximum absolute atomic E-state index is 13.0. The van der Waals surface area contributed by atoms with Crippen LogP contribution in [0.25, 0.3) is 0 Å². The van der Waals surface area contributed by atoms with Gasteiger partial charge in [-0.15, -0.1) is 11.3 Å². The predicted octanol–water partition coefficient (Wildman–Crippen LogP) is 5.10. The van der Waals surface area contributed by atoms with Gasteiger partial charge in [0.15, 0.2) is 5.13 Å². The van der Waals surface area contributed by atoms with E-state index in [1.54, 1.807) is 24.3 Å². The van der Waals surface area contributed by atoms with Crippen molar-refractivity contribution < 1.29 is 23.9 Å². The number of aryl methyl sites for hydroxylation is 1. The molecule has 3 aromatic rings. The van der Waals surface area contributed by atoms with E-state index in [9.17, 15) is 19.2 Å². The van der Waals surface area contributed by atoms with Crippen molar-refractivity contribution >= 4 is 63.1 Å². The molecule has 3 amide bonds. The fraction of sp³-hybridized carbons (Fsp3) is 0.192. The van der Waals surface area contributed by atoms with Crippen molar-refractivity contribution in [2.24, 2.45) is 0 Å². The number of aromatic nitrogens is 1. The van der Waals surface area contributed by atoms with Crippen LogP contribution in [0, 0.1) is 6.92 Å². The molecule has 0 radical (unpaired) electrons. The second-order valence-corrected chi connectivity index (χ2v) is 9.36. The van der Waals surface area contributed by atoms with Crippen LogP contribution in [0.3, 0.4) is 0 Å². The van der Waals surface area contributed by atoms with Gasteiger partial charge in [0.05, 0.1) is 23.6 Å². The number of unbranched alkanes of at least 4 members (excludes halogenated alkanes) is 1. The minimum Gasteiger partial charge on any atom is -0.462 e. The van der Waals surface area contributed by atoms with Gasteiger partial charge in [-0.05, 0) is 61.9 Å². The molecular formula is C26H23ClN4O5S. The van der Waals surface area contributed by atoms with Crippen LogP contribution in [-0.2, 0) is 14.3 Å². The van der Waals surface area contributed by atoms with Gasteiger partial charge in [-0.2, -0.15) is 0 Å². The van der Waals surface area contributed by atoms with E-state index in [1.807, 2.05) is 19.2 Å². The summed E-state index contributed by atoms with van der Waals surface area (Å²) in [4.78, 5) is 55.5. The molecule has 4 rings (SSSR count). The van der Waals surface area contributed by atoms with Gasteiger partial charge in [0, 0.05) is 16.6 Å². The Balaban J connectivity index is 1.42. The van der Waals surface area contributed by atoms with Crippen LogP contribution in [0.5, 0.6) is 0 Å². The number of thiazole rings is 1. The zero-order valence-corrected chi connectivity index (χ0v) is 21.6. The molecule has 2 aromatic carbocycles. The van der Waals surface area contributed by atoms with Gasteiger partial charge in [0.25, 0.3) is 17.7 Å². The molecule has 1 aliphatic rings. The lowest BCUT2D eigenvalue weighted by Gasteiger charge is -2.15. The van der Waals surface area contributed by atoms with E-state index in [1.165, 1.54) is 35.6 Å². The Morgan fingerprint density at radius 2 is 1.70 bits per heavy atom. The van der Waals surface area contributed by atoms with Crippen molar-refractivity contribution in [3.05, 3.63) is 81.5 Å². The van der Waals surface area contributed by atoms with Gasteiger partial charge in [0.1, 0.15) is 10.7 Å². The number of ether oxygens (including phenoxy) is 1. The number of amides is 3. The number of hydrogen-bond acceptors (Lipinski definition) is 8. The summed E-state index contributed by atoms with van der Waals surface area (Å²) >= 11 is 7.53. The molecule has 0 unspecified atom stereocenters. The molecule has 0 spiro atoms. The monoisotopic (exact) mass is 538 g/mol. The lowest BCUT2D eigenvalue weighted by molar-refractivity contribution is -0.120. The summed E-state index contributed by atoms with van der Waals surface area (Å²) < 4.78 is 5.18. The van der Waals surface area contributed by atoms with Gasteiger partial charge in [-0.1, -0.05) is 24.9 Å².